The van der Waals surface area contributed by atoms with E-state index in [0.717, 1.165) is 5.82 Å². The van der Waals surface area contributed by atoms with Gasteiger partial charge in [-0.15, -0.1) is 0 Å². The van der Waals surface area contributed by atoms with Gasteiger partial charge in [0.05, 0.1) is 6.04 Å². The van der Waals surface area contributed by atoms with Gasteiger partial charge < -0.3 is 16.0 Å². The van der Waals surface area contributed by atoms with Crippen molar-refractivity contribution in [3.63, 3.8) is 0 Å². The summed E-state index contributed by atoms with van der Waals surface area (Å²) in [6.45, 7) is 1.98. The number of nitrogens with two attached hydrogens (primary N) is 1. The van der Waals surface area contributed by atoms with E-state index in [1.54, 1.807) is 24.7 Å². The van der Waals surface area contributed by atoms with Crippen molar-refractivity contribution < 1.29 is 0 Å². The molecule has 2 aromatic heterocycles. The Balaban J connectivity index is 2.09. The summed E-state index contributed by atoms with van der Waals surface area (Å²) < 4.78 is 0. The molecule has 0 aromatic carbocycles. The molecule has 2 rings (SSSR count). The molecular formula is C9H12N6. The van der Waals surface area contributed by atoms with Gasteiger partial charge in [-0.3, -0.25) is 0 Å². The van der Waals surface area contributed by atoms with E-state index in [1.165, 1.54) is 0 Å². The molecule has 0 radical (unpaired) electrons. The molecule has 78 valence electrons. The molecule has 15 heavy (non-hydrogen) atoms. The second kappa shape index (κ2) is 3.95. The lowest BCUT2D eigenvalue weighted by Gasteiger charge is -2.11. The molecule has 6 nitrogen and oxygen atoms in total. The minimum Gasteiger partial charge on any atom is -0.368 e. The molecule has 1 unspecified atom stereocenters. The Morgan fingerprint density at radius 1 is 1.40 bits per heavy atom. The summed E-state index contributed by atoms with van der Waals surface area (Å²) in [5, 5.41) is 3.16. The number of imidazole rings is 1. The Morgan fingerprint density at radius 2 is 2.27 bits per heavy atom. The van der Waals surface area contributed by atoms with Gasteiger partial charge in [-0.05, 0) is 13.0 Å². The van der Waals surface area contributed by atoms with Gasteiger partial charge in [-0.2, -0.15) is 4.98 Å². The molecule has 2 aromatic rings. The number of anilines is 2. The number of hydrogen-bond donors (Lipinski definition) is 3. The molecule has 2 heterocycles. The highest BCUT2D eigenvalue weighted by atomic mass is 15.1. The quantitative estimate of drug-likeness (QED) is 0.692. The summed E-state index contributed by atoms with van der Waals surface area (Å²) in [4.78, 5) is 15.0. The van der Waals surface area contributed by atoms with Crippen LogP contribution in [0.25, 0.3) is 0 Å². The lowest BCUT2D eigenvalue weighted by Crippen LogP contribution is -2.10. The molecule has 0 bridgehead atoms. The van der Waals surface area contributed by atoms with Gasteiger partial charge in [-0.25, -0.2) is 9.97 Å². The Bertz CT molecular complexity index is 424. The van der Waals surface area contributed by atoms with E-state index >= 15 is 0 Å². The first kappa shape index (κ1) is 9.45. The van der Waals surface area contributed by atoms with Crippen LogP contribution in [0.4, 0.5) is 11.8 Å². The zero-order valence-electron chi connectivity index (χ0n) is 8.31. The fraction of sp³-hybridized carbons (Fsp3) is 0.222. The predicted molar refractivity (Wildman–Crippen MR) is 57.1 cm³/mol. The summed E-state index contributed by atoms with van der Waals surface area (Å²) in [6.07, 6.45) is 5.10. The molecule has 0 spiro atoms. The Morgan fingerprint density at radius 3 is 2.93 bits per heavy atom. The van der Waals surface area contributed by atoms with Crippen molar-refractivity contribution in [3.8, 4) is 0 Å². The summed E-state index contributed by atoms with van der Waals surface area (Å²) in [6, 6.07) is 1.81. The molecule has 1 atom stereocenters. The summed E-state index contributed by atoms with van der Waals surface area (Å²) in [5.74, 6) is 1.80. The highest BCUT2D eigenvalue weighted by molar-refractivity contribution is 5.38. The first-order chi connectivity index (χ1) is 7.25. The van der Waals surface area contributed by atoms with Gasteiger partial charge in [0, 0.05) is 18.6 Å². The number of nitrogens with zero attached hydrogens (tertiary/aromatic N) is 3. The van der Waals surface area contributed by atoms with Crippen LogP contribution >= 0.6 is 0 Å². The van der Waals surface area contributed by atoms with E-state index in [2.05, 4.69) is 25.3 Å². The normalized spacial score (nSPS) is 12.3. The van der Waals surface area contributed by atoms with Gasteiger partial charge in [0.15, 0.2) is 0 Å². The first-order valence-corrected chi connectivity index (χ1v) is 4.60. The molecule has 0 aliphatic carbocycles. The maximum absolute atomic E-state index is 5.47. The number of aromatic nitrogens is 4. The van der Waals surface area contributed by atoms with Crippen LogP contribution in [0.1, 0.15) is 18.8 Å². The second-order valence-corrected chi connectivity index (χ2v) is 3.14. The standard InChI is InChI=1S/C9H12N6/c1-6(8-11-4-5-12-8)14-7-2-3-13-9(10)15-7/h2-6H,1H3,(H,11,12)(H3,10,13,14,15). The van der Waals surface area contributed by atoms with Crippen molar-refractivity contribution in [1.82, 2.24) is 19.9 Å². The number of H-pyrrole nitrogens is 1. The smallest absolute Gasteiger partial charge is 0.221 e. The van der Waals surface area contributed by atoms with Gasteiger partial charge in [0.1, 0.15) is 11.6 Å². The van der Waals surface area contributed by atoms with E-state index in [1.807, 2.05) is 6.92 Å². The molecule has 0 aliphatic heterocycles. The zero-order chi connectivity index (χ0) is 10.7. The summed E-state index contributed by atoms with van der Waals surface area (Å²) in [7, 11) is 0. The minimum absolute atomic E-state index is 0.0503. The van der Waals surface area contributed by atoms with Crippen molar-refractivity contribution >= 4 is 11.8 Å². The fourth-order valence-electron chi connectivity index (χ4n) is 1.26. The van der Waals surface area contributed by atoms with Crippen LogP contribution in [-0.4, -0.2) is 19.9 Å². The van der Waals surface area contributed by atoms with Crippen LogP contribution in [0.5, 0.6) is 0 Å². The van der Waals surface area contributed by atoms with Gasteiger partial charge in [0.2, 0.25) is 5.95 Å². The highest BCUT2D eigenvalue weighted by Crippen LogP contribution is 2.13. The van der Waals surface area contributed by atoms with Crippen LogP contribution in [-0.2, 0) is 0 Å². The topological polar surface area (TPSA) is 92.5 Å². The number of rotatable bonds is 3. The molecule has 4 N–H and O–H groups in total. The largest absolute Gasteiger partial charge is 0.368 e. The number of hydrogen-bond acceptors (Lipinski definition) is 5. The van der Waals surface area contributed by atoms with Crippen LogP contribution < -0.4 is 11.1 Å². The molecule has 0 fully saturated rings. The SMILES string of the molecule is CC(Nc1ccnc(N)n1)c1ncc[nH]1. The molecule has 0 saturated heterocycles. The Labute approximate surface area is 87.0 Å². The maximum atomic E-state index is 5.47. The van der Waals surface area contributed by atoms with E-state index < -0.39 is 0 Å². The molecule has 6 heteroatoms. The van der Waals surface area contributed by atoms with Crippen molar-refractivity contribution in [2.75, 3.05) is 11.1 Å². The predicted octanol–water partition coefficient (Wildman–Crippen LogP) is 0.955. The first-order valence-electron chi connectivity index (χ1n) is 4.60. The fourth-order valence-corrected chi connectivity index (χ4v) is 1.26. The number of nitrogens with one attached hydrogen (secondary N) is 2. The number of nitrogen functional groups attached to an aromatic ring is 1. The third-order valence-corrected chi connectivity index (χ3v) is 1.97. The molecule has 0 aliphatic rings. The average molecular weight is 204 g/mol. The van der Waals surface area contributed by atoms with E-state index in [-0.39, 0.29) is 12.0 Å². The van der Waals surface area contributed by atoms with Crippen molar-refractivity contribution in [2.45, 2.75) is 13.0 Å². The Hall–Kier alpha value is -2.11. The lowest BCUT2D eigenvalue weighted by molar-refractivity contribution is 0.803. The monoisotopic (exact) mass is 204 g/mol. The lowest BCUT2D eigenvalue weighted by atomic mass is 10.3. The Kier molecular flexibility index (Phi) is 2.49. The molecular weight excluding hydrogens is 192 g/mol. The highest BCUT2D eigenvalue weighted by Gasteiger charge is 2.07. The van der Waals surface area contributed by atoms with Gasteiger partial charge in [-0.1, -0.05) is 0 Å². The zero-order valence-corrected chi connectivity index (χ0v) is 8.31. The van der Waals surface area contributed by atoms with Crippen LogP contribution in [0.15, 0.2) is 24.7 Å². The summed E-state index contributed by atoms with van der Waals surface area (Å²) in [5.41, 5.74) is 5.47. The third kappa shape index (κ3) is 2.22. The average Bonchev–Trinajstić information content (AvgIpc) is 2.70. The van der Waals surface area contributed by atoms with Crippen LogP contribution in [0.2, 0.25) is 0 Å². The minimum atomic E-state index is 0.0503. The molecule has 0 amide bonds. The number of aromatic amines is 1. The van der Waals surface area contributed by atoms with E-state index in [9.17, 15) is 0 Å². The van der Waals surface area contributed by atoms with Crippen molar-refractivity contribution in [3.05, 3.63) is 30.5 Å². The summed E-state index contributed by atoms with van der Waals surface area (Å²) >= 11 is 0. The maximum Gasteiger partial charge on any atom is 0.221 e. The van der Waals surface area contributed by atoms with Gasteiger partial charge in [0.25, 0.3) is 0 Å². The van der Waals surface area contributed by atoms with Crippen molar-refractivity contribution in [1.29, 1.82) is 0 Å². The van der Waals surface area contributed by atoms with E-state index in [0.29, 0.717) is 5.82 Å². The van der Waals surface area contributed by atoms with Gasteiger partial charge >= 0.3 is 0 Å². The van der Waals surface area contributed by atoms with E-state index in [4.69, 9.17) is 5.73 Å². The van der Waals surface area contributed by atoms with Crippen LogP contribution in [0.3, 0.4) is 0 Å². The van der Waals surface area contributed by atoms with Crippen molar-refractivity contribution in [2.24, 2.45) is 0 Å². The third-order valence-electron chi connectivity index (χ3n) is 1.97. The molecule has 0 saturated carbocycles. The van der Waals surface area contributed by atoms with Crippen LogP contribution in [0, 0.1) is 0 Å². The second-order valence-electron chi connectivity index (χ2n) is 3.14.